The predicted molar refractivity (Wildman–Crippen MR) is 100 cm³/mol. The van der Waals surface area contributed by atoms with E-state index in [9.17, 15) is 14.4 Å². The molecule has 142 valence electrons. The summed E-state index contributed by atoms with van der Waals surface area (Å²) in [6.07, 6.45) is 5.01. The number of rotatable bonds is 6. The zero-order valence-electron chi connectivity index (χ0n) is 14.8. The zero-order chi connectivity index (χ0) is 18.9. The Bertz CT molecular complexity index is 660. The number of hydrogen-bond acceptors (Lipinski definition) is 4. The molecule has 26 heavy (non-hydrogen) atoms. The Morgan fingerprint density at radius 1 is 1.12 bits per heavy atom. The molecule has 0 aromatic heterocycles. The van der Waals surface area contributed by atoms with Crippen molar-refractivity contribution in [1.82, 2.24) is 16.2 Å². The quantitative estimate of drug-likeness (QED) is 0.607. The van der Waals surface area contributed by atoms with E-state index < -0.39 is 11.8 Å². The third-order valence-electron chi connectivity index (χ3n) is 4.19. The van der Waals surface area contributed by atoms with Crippen molar-refractivity contribution in [3.8, 4) is 5.75 Å². The number of carbonyl (C=O) groups is 3. The second-order valence-electron chi connectivity index (χ2n) is 6.37. The molecule has 8 heteroatoms. The molecule has 1 aromatic rings. The Morgan fingerprint density at radius 2 is 1.81 bits per heavy atom. The first-order valence-electron chi connectivity index (χ1n) is 8.70. The second-order valence-corrected chi connectivity index (χ2v) is 7.23. The van der Waals surface area contributed by atoms with Crippen molar-refractivity contribution in [2.75, 3.05) is 13.2 Å². The van der Waals surface area contributed by atoms with Gasteiger partial charge in [0.15, 0.2) is 6.61 Å². The number of ether oxygens (including phenoxy) is 1. The topological polar surface area (TPSA) is 96.5 Å². The summed E-state index contributed by atoms with van der Waals surface area (Å²) < 4.78 is 6.13. The number of benzene rings is 1. The molecule has 0 aliphatic heterocycles. The van der Waals surface area contributed by atoms with Gasteiger partial charge in [-0.15, -0.1) is 0 Å². The van der Waals surface area contributed by atoms with Gasteiger partial charge in [0.05, 0.1) is 11.0 Å². The Morgan fingerprint density at radius 3 is 2.50 bits per heavy atom. The molecule has 1 aromatic carbocycles. The van der Waals surface area contributed by atoms with Gasteiger partial charge >= 0.3 is 0 Å². The van der Waals surface area contributed by atoms with Crippen molar-refractivity contribution < 1.29 is 19.1 Å². The van der Waals surface area contributed by atoms with Crippen LogP contribution in [-0.4, -0.2) is 30.9 Å². The third kappa shape index (κ3) is 6.67. The van der Waals surface area contributed by atoms with E-state index in [4.69, 9.17) is 4.74 Å². The van der Waals surface area contributed by atoms with Crippen molar-refractivity contribution in [2.45, 2.75) is 39.0 Å². The van der Waals surface area contributed by atoms with Gasteiger partial charge in [0.2, 0.25) is 5.91 Å². The summed E-state index contributed by atoms with van der Waals surface area (Å²) in [5, 5.41) is 2.61. The van der Waals surface area contributed by atoms with Crippen LogP contribution in [0.3, 0.4) is 0 Å². The van der Waals surface area contributed by atoms with Crippen LogP contribution in [0.15, 0.2) is 22.7 Å². The molecule has 3 amide bonds. The van der Waals surface area contributed by atoms with Gasteiger partial charge in [-0.3, -0.25) is 25.2 Å². The second kappa shape index (κ2) is 10.2. The zero-order valence-corrected chi connectivity index (χ0v) is 16.4. The normalized spacial score (nSPS) is 14.4. The van der Waals surface area contributed by atoms with E-state index in [0.29, 0.717) is 5.75 Å². The molecule has 0 spiro atoms. The molecule has 0 unspecified atom stereocenters. The molecule has 0 heterocycles. The molecule has 3 N–H and O–H groups in total. The summed E-state index contributed by atoms with van der Waals surface area (Å²) in [4.78, 5) is 35.4. The number of aryl methyl sites for hydroxylation is 1. The lowest BCUT2D eigenvalue weighted by atomic mass is 9.89. The van der Waals surface area contributed by atoms with Crippen molar-refractivity contribution in [3.05, 3.63) is 28.2 Å². The van der Waals surface area contributed by atoms with Crippen LogP contribution in [0.25, 0.3) is 0 Å². The third-order valence-corrected chi connectivity index (χ3v) is 4.81. The Balaban J connectivity index is 1.63. The van der Waals surface area contributed by atoms with Crippen LogP contribution in [0.5, 0.6) is 5.75 Å². The Kier molecular flexibility index (Phi) is 7.90. The number of nitrogens with one attached hydrogen (secondary N) is 3. The van der Waals surface area contributed by atoms with Crippen molar-refractivity contribution in [3.63, 3.8) is 0 Å². The van der Waals surface area contributed by atoms with Gasteiger partial charge in [-0.1, -0.05) is 25.3 Å². The van der Waals surface area contributed by atoms with Crippen LogP contribution in [0.1, 0.15) is 37.7 Å². The summed E-state index contributed by atoms with van der Waals surface area (Å²) in [6.45, 7) is 1.54. The van der Waals surface area contributed by atoms with E-state index in [1.807, 2.05) is 19.1 Å². The van der Waals surface area contributed by atoms with Crippen LogP contribution in [0.4, 0.5) is 0 Å². The number of hydrazine groups is 1. The van der Waals surface area contributed by atoms with E-state index in [1.54, 1.807) is 6.07 Å². The highest BCUT2D eigenvalue weighted by molar-refractivity contribution is 9.10. The molecule has 1 aliphatic rings. The molecule has 0 bridgehead atoms. The highest BCUT2D eigenvalue weighted by atomic mass is 79.9. The Labute approximate surface area is 161 Å². The largest absolute Gasteiger partial charge is 0.483 e. The molecule has 0 atom stereocenters. The minimum atomic E-state index is -0.496. The number of carbonyl (C=O) groups excluding carboxylic acids is 3. The van der Waals surface area contributed by atoms with E-state index in [0.717, 1.165) is 42.1 Å². The van der Waals surface area contributed by atoms with Gasteiger partial charge in [-0.05, 0) is 53.4 Å². The highest BCUT2D eigenvalue weighted by Crippen LogP contribution is 2.25. The van der Waals surface area contributed by atoms with E-state index in [1.165, 1.54) is 0 Å². The summed E-state index contributed by atoms with van der Waals surface area (Å²) in [6, 6.07) is 5.50. The maximum atomic E-state index is 12.0. The fraction of sp³-hybridized carbons (Fsp3) is 0.500. The maximum Gasteiger partial charge on any atom is 0.276 e. The van der Waals surface area contributed by atoms with E-state index in [2.05, 4.69) is 32.1 Å². The molecular weight excluding hydrogens is 402 g/mol. The van der Waals surface area contributed by atoms with Crippen LogP contribution in [-0.2, 0) is 14.4 Å². The molecule has 1 aliphatic carbocycles. The SMILES string of the molecule is Cc1ccc(OCC(=O)NNC(=O)CNC(=O)C2CCCCC2)c(Br)c1. The lowest BCUT2D eigenvalue weighted by Gasteiger charge is -2.20. The van der Waals surface area contributed by atoms with Crippen LogP contribution in [0.2, 0.25) is 0 Å². The lowest BCUT2D eigenvalue weighted by Crippen LogP contribution is -2.48. The van der Waals surface area contributed by atoms with Gasteiger partial charge < -0.3 is 10.1 Å². The fourth-order valence-corrected chi connectivity index (χ4v) is 3.37. The lowest BCUT2D eigenvalue weighted by molar-refractivity contribution is -0.131. The average Bonchev–Trinajstić information content (AvgIpc) is 2.64. The van der Waals surface area contributed by atoms with E-state index in [-0.39, 0.29) is 25.0 Å². The van der Waals surface area contributed by atoms with Gasteiger partial charge in [0.1, 0.15) is 5.75 Å². The van der Waals surface area contributed by atoms with E-state index >= 15 is 0 Å². The van der Waals surface area contributed by atoms with Gasteiger partial charge in [-0.2, -0.15) is 0 Å². The Hall–Kier alpha value is -2.09. The number of amides is 3. The van der Waals surface area contributed by atoms with Crippen LogP contribution >= 0.6 is 15.9 Å². The van der Waals surface area contributed by atoms with Gasteiger partial charge in [0.25, 0.3) is 11.8 Å². The average molecular weight is 426 g/mol. The van der Waals surface area contributed by atoms with Crippen LogP contribution < -0.4 is 20.9 Å². The minimum absolute atomic E-state index is 0.00695. The fourth-order valence-electron chi connectivity index (χ4n) is 2.76. The smallest absolute Gasteiger partial charge is 0.276 e. The molecule has 0 radical (unpaired) electrons. The summed E-state index contributed by atoms with van der Waals surface area (Å²) in [5.74, 6) is -0.550. The van der Waals surface area contributed by atoms with Crippen LogP contribution in [0, 0.1) is 12.8 Å². The first-order valence-corrected chi connectivity index (χ1v) is 9.49. The van der Waals surface area contributed by atoms with Gasteiger partial charge in [-0.25, -0.2) is 0 Å². The standard InChI is InChI=1S/C18H24BrN3O4/c1-12-7-8-15(14(19)9-12)26-11-17(24)22-21-16(23)10-20-18(25)13-5-3-2-4-6-13/h7-9,13H,2-6,10-11H2,1H3,(H,20,25)(H,21,23)(H,22,24). The minimum Gasteiger partial charge on any atom is -0.483 e. The summed E-state index contributed by atoms with van der Waals surface area (Å²) >= 11 is 3.36. The maximum absolute atomic E-state index is 12.0. The van der Waals surface area contributed by atoms with Crippen molar-refractivity contribution in [2.24, 2.45) is 5.92 Å². The number of halogens is 1. The first kappa shape index (κ1) is 20.2. The molecule has 1 fully saturated rings. The number of hydrogen-bond donors (Lipinski definition) is 3. The first-order chi connectivity index (χ1) is 12.5. The molecule has 1 saturated carbocycles. The molecule has 2 rings (SSSR count). The van der Waals surface area contributed by atoms with Gasteiger partial charge in [0, 0.05) is 5.92 Å². The summed E-state index contributed by atoms with van der Waals surface area (Å²) in [7, 11) is 0. The van der Waals surface area contributed by atoms with Crippen molar-refractivity contribution in [1.29, 1.82) is 0 Å². The molecular formula is C18H24BrN3O4. The monoisotopic (exact) mass is 425 g/mol. The molecule has 7 nitrogen and oxygen atoms in total. The highest BCUT2D eigenvalue weighted by Gasteiger charge is 2.21. The molecule has 0 saturated heterocycles. The predicted octanol–water partition coefficient (Wildman–Crippen LogP) is 1.98. The summed E-state index contributed by atoms with van der Waals surface area (Å²) in [5.41, 5.74) is 5.58. The van der Waals surface area contributed by atoms with Crippen molar-refractivity contribution >= 4 is 33.7 Å².